The molecule has 0 bridgehead atoms. The van der Waals surface area contributed by atoms with Crippen LogP contribution in [0.2, 0.25) is 0 Å². The van der Waals surface area contributed by atoms with Crippen molar-refractivity contribution in [3.8, 4) is 23.0 Å². The first kappa shape index (κ1) is 24.1. The monoisotopic (exact) mass is 544 g/mol. The zero-order chi connectivity index (χ0) is 22.1. The molecule has 0 fully saturated rings. The van der Waals surface area contributed by atoms with Crippen LogP contribution in [-0.4, -0.2) is 47.6 Å². The van der Waals surface area contributed by atoms with Gasteiger partial charge >= 0.3 is 6.03 Å². The topological polar surface area (TPSA) is 78.1 Å². The first-order chi connectivity index (χ1) is 14.4. The number of ether oxygens (including phenoxy) is 4. The summed E-state index contributed by atoms with van der Waals surface area (Å²) in [7, 11) is 6.45. The summed E-state index contributed by atoms with van der Waals surface area (Å²) < 4.78 is 23.1. The minimum absolute atomic E-state index is 0.235. The second kappa shape index (κ2) is 11.9. The van der Waals surface area contributed by atoms with Gasteiger partial charge in [0.2, 0.25) is 0 Å². The highest BCUT2D eigenvalue weighted by Gasteiger charge is 2.12. The summed E-state index contributed by atoms with van der Waals surface area (Å²) in [6, 6.07) is 7.27. The van der Waals surface area contributed by atoms with Crippen LogP contribution in [0.15, 0.2) is 33.2 Å². The van der Waals surface area contributed by atoms with Gasteiger partial charge in [-0.3, -0.25) is 0 Å². The molecule has 164 valence electrons. The van der Waals surface area contributed by atoms with Crippen molar-refractivity contribution in [2.45, 2.75) is 12.8 Å². The van der Waals surface area contributed by atoms with E-state index >= 15 is 0 Å². The van der Waals surface area contributed by atoms with E-state index in [1.54, 1.807) is 28.4 Å². The average molecular weight is 546 g/mol. The van der Waals surface area contributed by atoms with Crippen LogP contribution in [0, 0.1) is 0 Å². The van der Waals surface area contributed by atoms with Crippen LogP contribution < -0.4 is 29.6 Å². The number of nitrogens with one attached hydrogen (secondary N) is 2. The molecule has 2 aromatic carbocycles. The Balaban J connectivity index is 1.85. The molecule has 9 heteroatoms. The minimum atomic E-state index is -0.235. The summed E-state index contributed by atoms with van der Waals surface area (Å²) in [4.78, 5) is 12.1. The summed E-state index contributed by atoms with van der Waals surface area (Å²) in [5.41, 5.74) is 1.90. The van der Waals surface area contributed by atoms with Crippen LogP contribution >= 0.6 is 31.9 Å². The fourth-order valence-electron chi connectivity index (χ4n) is 2.92. The van der Waals surface area contributed by atoms with Gasteiger partial charge in [0.15, 0.2) is 0 Å². The van der Waals surface area contributed by atoms with Gasteiger partial charge in [0, 0.05) is 13.1 Å². The molecule has 0 atom stereocenters. The smallest absolute Gasteiger partial charge is 0.314 e. The van der Waals surface area contributed by atoms with Gasteiger partial charge in [0.1, 0.15) is 23.0 Å². The molecule has 30 heavy (non-hydrogen) atoms. The zero-order valence-electron chi connectivity index (χ0n) is 17.4. The number of benzene rings is 2. The van der Waals surface area contributed by atoms with Crippen molar-refractivity contribution in [2.24, 2.45) is 0 Å². The molecule has 0 aliphatic heterocycles. The lowest BCUT2D eigenvalue weighted by molar-refractivity contribution is 0.241. The van der Waals surface area contributed by atoms with Crippen molar-refractivity contribution >= 4 is 37.9 Å². The van der Waals surface area contributed by atoms with Crippen LogP contribution in [0.5, 0.6) is 23.0 Å². The highest BCUT2D eigenvalue weighted by Crippen LogP contribution is 2.33. The van der Waals surface area contributed by atoms with Crippen molar-refractivity contribution in [3.63, 3.8) is 0 Å². The first-order valence-electron chi connectivity index (χ1n) is 9.26. The SMILES string of the molecule is COc1cc(CCNC(=O)NCCc2cc(OC)c(Br)cc2OC)c(OC)cc1Br. The van der Waals surface area contributed by atoms with Gasteiger partial charge in [-0.25, -0.2) is 4.79 Å². The van der Waals surface area contributed by atoms with Crippen molar-refractivity contribution in [1.29, 1.82) is 0 Å². The predicted molar refractivity (Wildman–Crippen MR) is 123 cm³/mol. The van der Waals surface area contributed by atoms with Crippen LogP contribution in [0.4, 0.5) is 4.79 Å². The molecular formula is C21H26Br2N2O5. The molecule has 0 aliphatic carbocycles. The normalized spacial score (nSPS) is 10.3. The van der Waals surface area contributed by atoms with E-state index in [9.17, 15) is 4.79 Å². The second-order valence-electron chi connectivity index (χ2n) is 6.28. The van der Waals surface area contributed by atoms with Gasteiger partial charge in [-0.05, 0) is 80.1 Å². The Kier molecular flexibility index (Phi) is 9.58. The molecule has 0 unspecified atom stereocenters. The molecule has 2 rings (SSSR count). The molecule has 0 spiro atoms. The van der Waals surface area contributed by atoms with Crippen molar-refractivity contribution in [2.75, 3.05) is 41.5 Å². The largest absolute Gasteiger partial charge is 0.496 e. The molecule has 0 saturated heterocycles. The molecule has 0 heterocycles. The van der Waals surface area contributed by atoms with Gasteiger partial charge < -0.3 is 29.6 Å². The van der Waals surface area contributed by atoms with E-state index in [4.69, 9.17) is 18.9 Å². The van der Waals surface area contributed by atoms with Gasteiger partial charge in [-0.15, -0.1) is 0 Å². The summed E-state index contributed by atoms with van der Waals surface area (Å²) in [5, 5.41) is 5.72. The maximum Gasteiger partial charge on any atom is 0.314 e. The number of rotatable bonds is 10. The number of methoxy groups -OCH3 is 4. The molecule has 0 radical (unpaired) electrons. The molecule has 0 aromatic heterocycles. The van der Waals surface area contributed by atoms with Gasteiger partial charge in [0.25, 0.3) is 0 Å². The van der Waals surface area contributed by atoms with Crippen LogP contribution in [0.1, 0.15) is 11.1 Å². The third-order valence-corrected chi connectivity index (χ3v) is 5.71. The predicted octanol–water partition coefficient (Wildman–Crippen LogP) is 4.33. The number of amides is 2. The number of urea groups is 1. The van der Waals surface area contributed by atoms with Crippen LogP contribution in [0.25, 0.3) is 0 Å². The fraction of sp³-hybridized carbons (Fsp3) is 0.381. The van der Waals surface area contributed by atoms with E-state index in [-0.39, 0.29) is 6.03 Å². The first-order valence-corrected chi connectivity index (χ1v) is 10.8. The van der Waals surface area contributed by atoms with E-state index < -0.39 is 0 Å². The van der Waals surface area contributed by atoms with Gasteiger partial charge in [-0.1, -0.05) is 0 Å². The van der Waals surface area contributed by atoms with Crippen LogP contribution in [0.3, 0.4) is 0 Å². The Bertz CT molecular complexity index is 807. The lowest BCUT2D eigenvalue weighted by Crippen LogP contribution is -2.37. The average Bonchev–Trinajstić information content (AvgIpc) is 2.74. The molecule has 2 aromatic rings. The maximum atomic E-state index is 12.1. The number of halogens is 2. The van der Waals surface area contributed by atoms with E-state index in [0.29, 0.717) is 37.4 Å². The van der Waals surface area contributed by atoms with Crippen molar-refractivity contribution < 1.29 is 23.7 Å². The molecule has 0 aliphatic rings. The molecule has 2 amide bonds. The lowest BCUT2D eigenvalue weighted by Gasteiger charge is -2.14. The highest BCUT2D eigenvalue weighted by molar-refractivity contribution is 9.10. The second-order valence-corrected chi connectivity index (χ2v) is 7.99. The quantitative estimate of drug-likeness (QED) is 0.464. The van der Waals surface area contributed by atoms with E-state index in [1.807, 2.05) is 24.3 Å². The molecule has 2 N–H and O–H groups in total. The Labute approximate surface area is 193 Å². The van der Waals surface area contributed by atoms with E-state index in [2.05, 4.69) is 42.5 Å². The third-order valence-electron chi connectivity index (χ3n) is 4.47. The van der Waals surface area contributed by atoms with E-state index in [1.165, 1.54) is 0 Å². The van der Waals surface area contributed by atoms with Gasteiger partial charge in [0.05, 0.1) is 37.4 Å². The Morgan fingerprint density at radius 2 is 1.07 bits per heavy atom. The highest BCUT2D eigenvalue weighted by atomic mass is 79.9. The Morgan fingerprint density at radius 1 is 0.700 bits per heavy atom. The fourth-order valence-corrected chi connectivity index (χ4v) is 3.89. The minimum Gasteiger partial charge on any atom is -0.496 e. The number of hydrogen-bond acceptors (Lipinski definition) is 5. The van der Waals surface area contributed by atoms with Gasteiger partial charge in [-0.2, -0.15) is 0 Å². The van der Waals surface area contributed by atoms with Crippen molar-refractivity contribution in [3.05, 3.63) is 44.3 Å². The third kappa shape index (κ3) is 6.43. The molecular weight excluding hydrogens is 520 g/mol. The molecule has 7 nitrogen and oxygen atoms in total. The van der Waals surface area contributed by atoms with E-state index in [0.717, 1.165) is 31.6 Å². The zero-order valence-corrected chi connectivity index (χ0v) is 20.6. The summed E-state index contributed by atoms with van der Waals surface area (Å²) in [6.45, 7) is 0.921. The Morgan fingerprint density at radius 3 is 1.40 bits per heavy atom. The summed E-state index contributed by atoms with van der Waals surface area (Å²) >= 11 is 6.88. The Hall–Kier alpha value is -2.13. The standard InChI is InChI=1S/C21H26Br2N2O5/c1-27-17-11-15(22)19(29-3)9-13(17)5-7-24-21(26)25-8-6-14-10-20(30-4)16(23)12-18(14)28-2/h9-12H,5-8H2,1-4H3,(H2,24,25,26). The number of hydrogen-bond donors (Lipinski definition) is 2. The summed E-state index contributed by atoms with van der Waals surface area (Å²) in [6.07, 6.45) is 1.22. The van der Waals surface area contributed by atoms with Crippen molar-refractivity contribution in [1.82, 2.24) is 10.6 Å². The molecule has 0 saturated carbocycles. The van der Waals surface area contributed by atoms with Crippen LogP contribution in [-0.2, 0) is 12.8 Å². The maximum absolute atomic E-state index is 12.1. The lowest BCUT2D eigenvalue weighted by atomic mass is 10.1. The summed E-state index contributed by atoms with van der Waals surface area (Å²) in [5.74, 6) is 2.91. The number of carbonyl (C=O) groups excluding carboxylic acids is 1. The number of carbonyl (C=O) groups is 1.